The minimum absolute atomic E-state index is 0.105. The summed E-state index contributed by atoms with van der Waals surface area (Å²) in [5.74, 6) is -1.32. The maximum absolute atomic E-state index is 12.7. The van der Waals surface area contributed by atoms with Crippen molar-refractivity contribution in [1.29, 1.82) is 0 Å². The van der Waals surface area contributed by atoms with Crippen LogP contribution < -0.4 is 5.56 Å². The number of aliphatic carboxylic acids is 1. The first-order valence-corrected chi connectivity index (χ1v) is 9.50. The molecule has 150 valence electrons. The lowest BCUT2D eigenvalue weighted by atomic mass is 10.0. The molecular weight excluding hydrogens is 368 g/mol. The molecule has 1 aromatic heterocycles. The second kappa shape index (κ2) is 8.73. The summed E-state index contributed by atoms with van der Waals surface area (Å²) in [6.07, 6.45) is -0.345. The van der Waals surface area contributed by atoms with Crippen molar-refractivity contribution in [2.75, 3.05) is 0 Å². The van der Waals surface area contributed by atoms with Crippen LogP contribution in [0.4, 0.5) is 0 Å². The monoisotopic (exact) mass is 392 g/mol. The lowest BCUT2D eigenvalue weighted by molar-refractivity contribution is -0.141. The third-order valence-electron chi connectivity index (χ3n) is 5.11. The average Bonchev–Trinajstić information content (AvgIpc) is 2.70. The summed E-state index contributed by atoms with van der Waals surface area (Å²) in [6.45, 7) is 4.38. The number of benzene rings is 2. The number of carbonyl (C=O) groups is 2. The van der Waals surface area contributed by atoms with Crippen molar-refractivity contribution in [3.05, 3.63) is 81.1 Å². The van der Waals surface area contributed by atoms with Crippen molar-refractivity contribution in [2.24, 2.45) is 0 Å². The Bertz CT molecular complexity index is 1100. The van der Waals surface area contributed by atoms with Crippen molar-refractivity contribution >= 4 is 22.8 Å². The number of hydrogen-bond acceptors (Lipinski definition) is 3. The predicted molar refractivity (Wildman–Crippen MR) is 112 cm³/mol. The molecule has 3 aromatic rings. The van der Waals surface area contributed by atoms with Gasteiger partial charge in [-0.1, -0.05) is 42.5 Å². The number of aromatic amines is 1. The number of hydrogen-bond donors (Lipinski definition) is 2. The minimum atomic E-state index is -1.02. The maximum atomic E-state index is 12.7. The molecule has 0 aliphatic heterocycles. The quantitative estimate of drug-likeness (QED) is 0.643. The number of carbonyl (C=O) groups excluding carboxylic acids is 1. The van der Waals surface area contributed by atoms with E-state index >= 15 is 0 Å². The molecule has 29 heavy (non-hydrogen) atoms. The molecule has 6 nitrogen and oxygen atoms in total. The van der Waals surface area contributed by atoms with E-state index in [0.717, 1.165) is 27.6 Å². The number of carboxylic acids is 1. The molecule has 3 rings (SSSR count). The summed E-state index contributed by atoms with van der Waals surface area (Å²) in [5.41, 5.74) is 4.06. The number of H-pyrrole nitrogens is 1. The highest BCUT2D eigenvalue weighted by Crippen LogP contribution is 2.20. The Hall–Kier alpha value is -3.41. The van der Waals surface area contributed by atoms with Crippen LogP contribution in [0.25, 0.3) is 10.9 Å². The van der Waals surface area contributed by atoms with Crippen LogP contribution >= 0.6 is 0 Å². The molecule has 0 saturated carbocycles. The molecule has 0 spiro atoms. The highest BCUT2D eigenvalue weighted by Gasteiger charge is 2.18. The third kappa shape index (κ3) is 4.90. The van der Waals surface area contributed by atoms with Crippen molar-refractivity contribution in [3.8, 4) is 0 Å². The van der Waals surface area contributed by atoms with Gasteiger partial charge in [0.25, 0.3) is 5.56 Å². The molecule has 1 amide bonds. The van der Waals surface area contributed by atoms with Gasteiger partial charge in [0.05, 0.1) is 18.5 Å². The zero-order chi connectivity index (χ0) is 21.0. The molecule has 0 radical (unpaired) electrons. The normalized spacial score (nSPS) is 10.8. The van der Waals surface area contributed by atoms with Gasteiger partial charge in [0.1, 0.15) is 0 Å². The number of pyridine rings is 1. The van der Waals surface area contributed by atoms with Gasteiger partial charge in [-0.25, -0.2) is 0 Å². The molecule has 2 aromatic carbocycles. The van der Waals surface area contributed by atoms with E-state index in [0.29, 0.717) is 12.1 Å². The number of nitrogens with one attached hydrogen (secondary N) is 1. The van der Waals surface area contributed by atoms with Gasteiger partial charge in [0, 0.05) is 18.5 Å². The summed E-state index contributed by atoms with van der Waals surface area (Å²) in [6, 6.07) is 15.2. The lowest BCUT2D eigenvalue weighted by Crippen LogP contribution is -2.32. The van der Waals surface area contributed by atoms with E-state index < -0.39 is 5.97 Å². The molecule has 2 N–H and O–H groups in total. The Morgan fingerprint density at radius 2 is 1.72 bits per heavy atom. The van der Waals surface area contributed by atoms with Crippen LogP contribution in [-0.2, 0) is 22.7 Å². The molecule has 0 bridgehead atoms. The highest BCUT2D eigenvalue weighted by atomic mass is 16.4. The number of rotatable bonds is 7. The van der Waals surface area contributed by atoms with Gasteiger partial charge in [0.2, 0.25) is 5.91 Å². The number of fused-ring (bicyclic) bond motifs is 1. The second-order valence-corrected chi connectivity index (χ2v) is 7.22. The van der Waals surface area contributed by atoms with Crippen LogP contribution in [-0.4, -0.2) is 26.9 Å². The lowest BCUT2D eigenvalue weighted by Gasteiger charge is -2.23. The van der Waals surface area contributed by atoms with Crippen molar-refractivity contribution < 1.29 is 14.7 Å². The zero-order valence-corrected chi connectivity index (χ0v) is 16.6. The van der Waals surface area contributed by atoms with Crippen LogP contribution in [0.2, 0.25) is 0 Å². The Morgan fingerprint density at radius 3 is 2.41 bits per heavy atom. The standard InChI is InChI=1S/C23H24N2O4/c1-15-8-9-18-12-19(23(29)24-22(18)16(15)2)14-25(20(26)10-11-21(27)28)13-17-6-4-3-5-7-17/h3-9,12H,10-11,13-14H2,1-2H3,(H,24,29)(H,27,28). The molecular formula is C23H24N2O4. The Balaban J connectivity index is 1.93. The van der Waals surface area contributed by atoms with Gasteiger partial charge in [-0.05, 0) is 42.0 Å². The molecule has 0 aliphatic carbocycles. The van der Waals surface area contributed by atoms with E-state index in [1.54, 1.807) is 0 Å². The SMILES string of the molecule is Cc1ccc2cc(CN(Cc3ccccc3)C(=O)CCC(=O)O)c(=O)[nH]c2c1C. The Morgan fingerprint density at radius 1 is 1.00 bits per heavy atom. The largest absolute Gasteiger partial charge is 0.481 e. The van der Waals surface area contributed by atoms with Crippen LogP contribution in [0, 0.1) is 13.8 Å². The number of nitrogens with zero attached hydrogens (tertiary/aromatic N) is 1. The second-order valence-electron chi connectivity index (χ2n) is 7.22. The fourth-order valence-corrected chi connectivity index (χ4v) is 3.30. The zero-order valence-electron chi connectivity index (χ0n) is 16.6. The van der Waals surface area contributed by atoms with Gasteiger partial charge >= 0.3 is 5.97 Å². The first kappa shape index (κ1) is 20.3. The van der Waals surface area contributed by atoms with Crippen molar-refractivity contribution in [2.45, 2.75) is 39.8 Å². The predicted octanol–water partition coefficient (Wildman–Crippen LogP) is 3.54. The molecule has 0 fully saturated rings. The summed E-state index contributed by atoms with van der Waals surface area (Å²) in [4.78, 5) is 40.7. The molecule has 0 aliphatic rings. The molecule has 0 unspecified atom stereocenters. The smallest absolute Gasteiger partial charge is 0.303 e. The fourth-order valence-electron chi connectivity index (χ4n) is 3.30. The summed E-state index contributed by atoms with van der Waals surface area (Å²) < 4.78 is 0. The van der Waals surface area contributed by atoms with Crippen LogP contribution in [0.1, 0.15) is 35.1 Å². The number of aromatic nitrogens is 1. The summed E-state index contributed by atoms with van der Waals surface area (Å²) >= 11 is 0. The first-order chi connectivity index (χ1) is 13.8. The van der Waals surface area contributed by atoms with Crippen molar-refractivity contribution in [3.63, 3.8) is 0 Å². The van der Waals surface area contributed by atoms with E-state index in [1.807, 2.05) is 62.4 Å². The molecule has 6 heteroatoms. The van der Waals surface area contributed by atoms with E-state index in [-0.39, 0.29) is 30.9 Å². The molecule has 1 heterocycles. The van der Waals surface area contributed by atoms with Gasteiger partial charge in [-0.15, -0.1) is 0 Å². The molecule has 0 atom stereocenters. The number of carboxylic acid groups (broad SMARTS) is 1. The number of amides is 1. The van der Waals surface area contributed by atoms with E-state index in [9.17, 15) is 14.4 Å². The Labute approximate surface area is 168 Å². The topological polar surface area (TPSA) is 90.5 Å². The maximum Gasteiger partial charge on any atom is 0.303 e. The van der Waals surface area contributed by atoms with E-state index in [2.05, 4.69) is 4.98 Å². The third-order valence-corrected chi connectivity index (χ3v) is 5.11. The summed E-state index contributed by atoms with van der Waals surface area (Å²) in [5, 5.41) is 9.81. The average molecular weight is 392 g/mol. The van der Waals surface area contributed by atoms with Gasteiger partial charge in [-0.3, -0.25) is 14.4 Å². The van der Waals surface area contributed by atoms with Crippen LogP contribution in [0.3, 0.4) is 0 Å². The minimum Gasteiger partial charge on any atom is -0.481 e. The highest BCUT2D eigenvalue weighted by molar-refractivity contribution is 5.83. The van der Waals surface area contributed by atoms with Gasteiger partial charge in [0.15, 0.2) is 0 Å². The van der Waals surface area contributed by atoms with Crippen LogP contribution in [0.15, 0.2) is 53.3 Å². The van der Waals surface area contributed by atoms with Gasteiger partial charge < -0.3 is 15.0 Å². The summed E-state index contributed by atoms with van der Waals surface area (Å²) in [7, 11) is 0. The fraction of sp³-hybridized carbons (Fsp3) is 0.261. The first-order valence-electron chi connectivity index (χ1n) is 9.50. The molecule has 0 saturated heterocycles. The van der Waals surface area contributed by atoms with E-state index in [1.165, 1.54) is 4.90 Å². The van der Waals surface area contributed by atoms with Crippen LogP contribution in [0.5, 0.6) is 0 Å². The van der Waals surface area contributed by atoms with E-state index in [4.69, 9.17) is 5.11 Å². The number of aryl methyl sites for hydroxylation is 2. The Kier molecular flexibility index (Phi) is 6.12. The van der Waals surface area contributed by atoms with Gasteiger partial charge in [-0.2, -0.15) is 0 Å². The van der Waals surface area contributed by atoms with Crippen molar-refractivity contribution in [1.82, 2.24) is 9.88 Å².